The van der Waals surface area contributed by atoms with E-state index in [0.29, 0.717) is 10.2 Å². The highest BCUT2D eigenvalue weighted by Crippen LogP contribution is 2.24. The van der Waals surface area contributed by atoms with Crippen molar-refractivity contribution in [3.05, 3.63) is 91.8 Å². The summed E-state index contributed by atoms with van der Waals surface area (Å²) in [6.45, 7) is 0. The lowest BCUT2D eigenvalue weighted by atomic mass is 9.92. The van der Waals surface area contributed by atoms with Crippen molar-refractivity contribution >= 4 is 0 Å². The number of hydrogen-bond donors (Lipinski definition) is 1. The van der Waals surface area contributed by atoms with Crippen LogP contribution in [-0.4, -0.2) is 14.8 Å². The van der Waals surface area contributed by atoms with E-state index in [1.807, 2.05) is 11.1 Å². The van der Waals surface area contributed by atoms with Gasteiger partial charge in [0.1, 0.15) is 17.7 Å². The van der Waals surface area contributed by atoms with E-state index in [-0.39, 0.29) is 17.7 Å². The number of rotatable bonds is 4. The summed E-state index contributed by atoms with van der Waals surface area (Å²) in [5.74, 6) is -2.01. The van der Waals surface area contributed by atoms with Crippen LogP contribution in [0, 0.1) is 34.3 Å². The molecule has 1 aromatic heterocycles. The molecule has 1 atom stereocenters. The Kier molecular flexibility index (Phi) is 5.10. The largest absolute Gasteiger partial charge is 0.349 e. The Morgan fingerprint density at radius 2 is 1.82 bits per heavy atom. The normalized spacial score (nSPS) is 11.4. The van der Waals surface area contributed by atoms with E-state index in [4.69, 9.17) is 5.26 Å². The molecule has 0 saturated carbocycles. The number of nitriles is 2. The third-order valence-electron chi connectivity index (χ3n) is 4.05. The minimum absolute atomic E-state index is 0.0162. The minimum Gasteiger partial charge on any atom is -0.270 e. The van der Waals surface area contributed by atoms with Crippen molar-refractivity contribution in [2.75, 3.05) is 0 Å². The molecule has 0 bridgehead atoms. The Morgan fingerprint density at radius 1 is 1.11 bits per heavy atom. The molecule has 0 spiro atoms. The van der Waals surface area contributed by atoms with Gasteiger partial charge in [0, 0.05) is 11.6 Å². The fourth-order valence-electron chi connectivity index (χ4n) is 2.66. The van der Waals surface area contributed by atoms with Gasteiger partial charge in [-0.25, -0.2) is 13.6 Å². The predicted molar refractivity (Wildman–Crippen MR) is 93.6 cm³/mol. The second kappa shape index (κ2) is 7.64. The first kappa shape index (κ1) is 18.7. The summed E-state index contributed by atoms with van der Waals surface area (Å²) in [6.07, 6.45) is 0.169. The van der Waals surface area contributed by atoms with E-state index in [1.54, 1.807) is 0 Å². The van der Waals surface area contributed by atoms with Crippen LogP contribution in [0.25, 0.3) is 5.69 Å². The summed E-state index contributed by atoms with van der Waals surface area (Å²) in [5, 5.41) is 21.9. The van der Waals surface area contributed by atoms with Crippen LogP contribution in [0.5, 0.6) is 0 Å². The van der Waals surface area contributed by atoms with E-state index in [9.17, 15) is 23.6 Å². The number of nitrogens with zero attached hydrogens (tertiary/aromatic N) is 4. The fraction of sp³-hybridized carbons (Fsp3) is 0.105. The summed E-state index contributed by atoms with van der Waals surface area (Å²) in [7, 11) is 0. The molecule has 138 valence electrons. The number of halogens is 2. The molecule has 3 rings (SSSR count). The quantitative estimate of drug-likeness (QED) is 0.744. The molecule has 1 N–H and O–H groups in total. The van der Waals surface area contributed by atoms with Crippen molar-refractivity contribution < 1.29 is 8.78 Å². The minimum atomic E-state index is -0.940. The molecule has 9 heteroatoms. The monoisotopic (exact) mass is 379 g/mol. The maximum atomic E-state index is 14.6. The van der Waals surface area contributed by atoms with Gasteiger partial charge in [-0.2, -0.15) is 15.2 Å². The molecule has 0 aliphatic carbocycles. The Labute approximate surface area is 156 Å². The van der Waals surface area contributed by atoms with Gasteiger partial charge >= 0.3 is 5.69 Å². The molecule has 0 amide bonds. The van der Waals surface area contributed by atoms with Crippen LogP contribution in [0.2, 0.25) is 0 Å². The Bertz CT molecular complexity index is 1230. The zero-order valence-electron chi connectivity index (χ0n) is 14.2. The van der Waals surface area contributed by atoms with Crippen molar-refractivity contribution in [2.24, 2.45) is 0 Å². The van der Waals surface area contributed by atoms with E-state index in [1.165, 1.54) is 42.5 Å². The molecule has 0 aliphatic heterocycles. The zero-order chi connectivity index (χ0) is 20.3. The molecule has 28 heavy (non-hydrogen) atoms. The second-order valence-corrected chi connectivity index (χ2v) is 5.85. The zero-order valence-corrected chi connectivity index (χ0v) is 14.2. The van der Waals surface area contributed by atoms with Crippen molar-refractivity contribution in [1.29, 1.82) is 10.5 Å². The van der Waals surface area contributed by atoms with Crippen LogP contribution in [0.15, 0.2) is 52.1 Å². The van der Waals surface area contributed by atoms with Crippen LogP contribution in [0.3, 0.4) is 0 Å². The van der Waals surface area contributed by atoms with Gasteiger partial charge in [0.15, 0.2) is 0 Å². The Morgan fingerprint density at radius 3 is 2.43 bits per heavy atom. The van der Waals surface area contributed by atoms with E-state index < -0.39 is 34.5 Å². The van der Waals surface area contributed by atoms with Gasteiger partial charge in [-0.1, -0.05) is 18.2 Å². The van der Waals surface area contributed by atoms with Crippen LogP contribution < -0.4 is 11.2 Å². The maximum absolute atomic E-state index is 14.6. The van der Waals surface area contributed by atoms with E-state index in [0.717, 1.165) is 6.07 Å². The molecule has 0 fully saturated rings. The smallest absolute Gasteiger partial charge is 0.270 e. The number of hydrogen-bond acceptors (Lipinski definition) is 5. The third-order valence-corrected chi connectivity index (χ3v) is 4.05. The first-order valence-corrected chi connectivity index (χ1v) is 8.00. The second-order valence-electron chi connectivity index (χ2n) is 5.85. The Hall–Kier alpha value is -4.11. The van der Waals surface area contributed by atoms with Crippen molar-refractivity contribution in [2.45, 2.75) is 12.3 Å². The van der Waals surface area contributed by atoms with Crippen molar-refractivity contribution in [1.82, 2.24) is 14.8 Å². The Balaban J connectivity index is 1.97. The van der Waals surface area contributed by atoms with Gasteiger partial charge in [-0.3, -0.25) is 9.78 Å². The lowest BCUT2D eigenvalue weighted by molar-refractivity contribution is 0.595. The van der Waals surface area contributed by atoms with Crippen LogP contribution >= 0.6 is 0 Å². The molecule has 3 aromatic rings. The molecule has 0 saturated heterocycles. The van der Waals surface area contributed by atoms with Gasteiger partial charge in [-0.05, 0) is 30.2 Å². The summed E-state index contributed by atoms with van der Waals surface area (Å²) < 4.78 is 28.3. The van der Waals surface area contributed by atoms with Crippen molar-refractivity contribution in [3.63, 3.8) is 0 Å². The van der Waals surface area contributed by atoms with E-state index >= 15 is 0 Å². The number of H-pyrrole nitrogens is 1. The van der Waals surface area contributed by atoms with Gasteiger partial charge in [0.25, 0.3) is 5.56 Å². The fourth-order valence-corrected chi connectivity index (χ4v) is 2.66. The number of benzene rings is 2. The van der Waals surface area contributed by atoms with Crippen LogP contribution in [0.4, 0.5) is 8.78 Å². The number of nitrogens with one attached hydrogen (secondary N) is 1. The summed E-state index contributed by atoms with van der Waals surface area (Å²) in [4.78, 5) is 25.2. The first-order chi connectivity index (χ1) is 13.4. The molecule has 1 heterocycles. The predicted octanol–water partition coefficient (Wildman–Crippen LogP) is 1.92. The lowest BCUT2D eigenvalue weighted by Gasteiger charge is -2.12. The number of aromatic nitrogens is 3. The maximum Gasteiger partial charge on any atom is 0.349 e. The number of aromatic amines is 1. The first-order valence-electron chi connectivity index (χ1n) is 8.00. The van der Waals surface area contributed by atoms with Gasteiger partial charge in [0.2, 0.25) is 5.69 Å². The highest BCUT2D eigenvalue weighted by molar-refractivity contribution is 5.39. The molecule has 0 radical (unpaired) electrons. The average Bonchev–Trinajstić information content (AvgIpc) is 2.68. The highest BCUT2D eigenvalue weighted by atomic mass is 19.1. The summed E-state index contributed by atoms with van der Waals surface area (Å²) >= 11 is 0. The van der Waals surface area contributed by atoms with Crippen molar-refractivity contribution in [3.8, 4) is 17.8 Å². The standard InChI is InChI=1S/C19H11F2N5O2/c20-13-3-1-11(2-4-13)7-12(9-22)15-6-5-14(8-16(15)21)26-19(28)24-18(27)17(10-23)25-26/h1-6,8,12H,7H2,(H,24,27,28). The van der Waals surface area contributed by atoms with Gasteiger partial charge in [-0.15, -0.1) is 5.10 Å². The summed E-state index contributed by atoms with van der Waals surface area (Å²) in [5.41, 5.74) is -1.68. The van der Waals surface area contributed by atoms with Gasteiger partial charge < -0.3 is 0 Å². The molecular formula is C19H11F2N5O2. The SMILES string of the molecule is N#Cc1nn(-c2ccc(C(C#N)Cc3ccc(F)cc3)c(F)c2)c(=O)[nH]c1=O. The van der Waals surface area contributed by atoms with E-state index in [2.05, 4.69) is 5.10 Å². The lowest BCUT2D eigenvalue weighted by Crippen LogP contribution is -2.33. The molecule has 2 aromatic carbocycles. The molecule has 0 aliphatic rings. The topological polar surface area (TPSA) is 115 Å². The average molecular weight is 379 g/mol. The molecular weight excluding hydrogens is 368 g/mol. The van der Waals surface area contributed by atoms with Crippen LogP contribution in [0.1, 0.15) is 22.7 Å². The molecule has 1 unspecified atom stereocenters. The van der Waals surface area contributed by atoms with Crippen LogP contribution in [-0.2, 0) is 6.42 Å². The molecule has 7 nitrogen and oxygen atoms in total. The summed E-state index contributed by atoms with van der Waals surface area (Å²) in [6, 6.07) is 12.7. The third kappa shape index (κ3) is 3.69. The highest BCUT2D eigenvalue weighted by Gasteiger charge is 2.18. The van der Waals surface area contributed by atoms with Gasteiger partial charge in [0.05, 0.1) is 17.7 Å².